The molecular weight excluding hydrogens is 170 g/mol. The van der Waals surface area contributed by atoms with Gasteiger partial charge in [0.25, 0.3) is 0 Å². The molecule has 1 N–H and O–H groups in total. The van der Waals surface area contributed by atoms with E-state index in [0.29, 0.717) is 0 Å². The molecule has 12 heavy (non-hydrogen) atoms. The Bertz CT molecular complexity index is 140. The molecule has 0 bridgehead atoms. The average Bonchev–Trinajstić information content (AvgIpc) is 2.17. The third kappa shape index (κ3) is 1.62. The summed E-state index contributed by atoms with van der Waals surface area (Å²) >= 11 is 5.99. The molecule has 0 spiro atoms. The second-order valence-electron chi connectivity index (χ2n) is 4.32. The van der Waals surface area contributed by atoms with E-state index in [9.17, 15) is 0 Å². The van der Waals surface area contributed by atoms with Crippen LogP contribution in [-0.2, 0) is 0 Å². The van der Waals surface area contributed by atoms with Gasteiger partial charge in [0.15, 0.2) is 0 Å². The number of piperidine rings is 2. The Kier molecular flexibility index (Phi) is 2.92. The van der Waals surface area contributed by atoms with Gasteiger partial charge in [-0.25, -0.2) is 0 Å². The number of nitrogens with one attached hydrogen (secondary N) is 1. The predicted octanol–water partition coefficient (Wildman–Crippen LogP) is 1.07. The number of hydrogen-bond acceptors (Lipinski definition) is 0. The minimum atomic E-state index is 0.829. The van der Waals surface area contributed by atoms with E-state index in [-0.39, 0.29) is 0 Å². The van der Waals surface area contributed by atoms with Crippen molar-refractivity contribution in [2.24, 2.45) is 5.92 Å². The quantitative estimate of drug-likeness (QED) is 0.588. The minimum absolute atomic E-state index is 0.829. The Balaban J connectivity index is 1.99. The number of halogens is 1. The van der Waals surface area contributed by atoms with Crippen LogP contribution in [0.2, 0.25) is 0 Å². The van der Waals surface area contributed by atoms with E-state index in [2.05, 4.69) is 0 Å². The van der Waals surface area contributed by atoms with Gasteiger partial charge in [-0.1, -0.05) is 0 Å². The van der Waals surface area contributed by atoms with E-state index in [0.717, 1.165) is 17.8 Å². The van der Waals surface area contributed by atoms with Gasteiger partial charge >= 0.3 is 0 Å². The van der Waals surface area contributed by atoms with Crippen molar-refractivity contribution < 1.29 is 4.90 Å². The number of quaternary nitrogens is 1. The summed E-state index contributed by atoms with van der Waals surface area (Å²) < 4.78 is 0. The lowest BCUT2D eigenvalue weighted by atomic mass is 9.85. The molecule has 2 aliphatic heterocycles. The summed E-state index contributed by atoms with van der Waals surface area (Å²) in [6.07, 6.45) is 7.12. The maximum absolute atomic E-state index is 5.99. The first kappa shape index (κ1) is 8.83. The SMILES string of the molecule is ClCC1CCC[NH+]2CCCCC12. The molecule has 0 amide bonds. The Morgan fingerprint density at radius 1 is 1.08 bits per heavy atom. The normalized spacial score (nSPS) is 42.2. The molecule has 3 atom stereocenters. The highest BCUT2D eigenvalue weighted by atomic mass is 35.5. The van der Waals surface area contributed by atoms with Crippen molar-refractivity contribution >= 4 is 11.6 Å². The van der Waals surface area contributed by atoms with E-state index >= 15 is 0 Å². The minimum Gasteiger partial charge on any atom is -0.332 e. The number of alkyl halides is 1. The van der Waals surface area contributed by atoms with E-state index < -0.39 is 0 Å². The molecule has 2 heteroatoms. The van der Waals surface area contributed by atoms with Gasteiger partial charge in [0, 0.05) is 11.8 Å². The van der Waals surface area contributed by atoms with Crippen molar-refractivity contribution in [3.8, 4) is 0 Å². The lowest BCUT2D eigenvalue weighted by Crippen LogP contribution is -3.18. The second kappa shape index (κ2) is 3.97. The smallest absolute Gasteiger partial charge is 0.0914 e. The lowest BCUT2D eigenvalue weighted by molar-refractivity contribution is -0.939. The van der Waals surface area contributed by atoms with Gasteiger partial charge in [-0.3, -0.25) is 0 Å². The van der Waals surface area contributed by atoms with Crippen molar-refractivity contribution in [2.45, 2.75) is 38.1 Å². The van der Waals surface area contributed by atoms with Gasteiger partial charge in [0.1, 0.15) is 0 Å². The monoisotopic (exact) mass is 188 g/mol. The fourth-order valence-corrected chi connectivity index (χ4v) is 3.33. The zero-order valence-corrected chi connectivity index (χ0v) is 8.45. The Hall–Kier alpha value is 0.250. The molecule has 2 heterocycles. The molecule has 0 aromatic rings. The molecule has 2 aliphatic rings. The molecule has 3 unspecified atom stereocenters. The van der Waals surface area contributed by atoms with Crippen LogP contribution < -0.4 is 4.90 Å². The van der Waals surface area contributed by atoms with Crippen LogP contribution in [0.3, 0.4) is 0 Å². The fourth-order valence-electron chi connectivity index (χ4n) is 2.96. The lowest BCUT2D eigenvalue weighted by Gasteiger charge is -2.40. The number of hydrogen-bond donors (Lipinski definition) is 1. The molecule has 0 aromatic carbocycles. The maximum atomic E-state index is 5.99. The van der Waals surface area contributed by atoms with Gasteiger partial charge in [-0.05, 0) is 32.1 Å². The van der Waals surface area contributed by atoms with Crippen LogP contribution in [0.5, 0.6) is 0 Å². The largest absolute Gasteiger partial charge is 0.332 e. The molecule has 0 radical (unpaired) electrons. The van der Waals surface area contributed by atoms with Crippen LogP contribution in [0, 0.1) is 5.92 Å². The zero-order chi connectivity index (χ0) is 8.39. The van der Waals surface area contributed by atoms with Crippen LogP contribution in [0.1, 0.15) is 32.1 Å². The summed E-state index contributed by atoms with van der Waals surface area (Å²) in [6.45, 7) is 2.83. The fraction of sp³-hybridized carbons (Fsp3) is 1.00. The van der Waals surface area contributed by atoms with E-state index in [1.165, 1.54) is 45.2 Å². The van der Waals surface area contributed by atoms with E-state index in [1.807, 2.05) is 4.90 Å². The Morgan fingerprint density at radius 2 is 1.92 bits per heavy atom. The maximum Gasteiger partial charge on any atom is 0.0914 e. The highest BCUT2D eigenvalue weighted by Crippen LogP contribution is 2.20. The third-order valence-electron chi connectivity index (χ3n) is 3.63. The van der Waals surface area contributed by atoms with Gasteiger partial charge in [-0.15, -0.1) is 11.6 Å². The van der Waals surface area contributed by atoms with E-state index in [1.54, 1.807) is 0 Å². The molecule has 2 fully saturated rings. The van der Waals surface area contributed by atoms with Gasteiger partial charge in [-0.2, -0.15) is 0 Å². The molecule has 2 rings (SSSR count). The van der Waals surface area contributed by atoms with Gasteiger partial charge in [0.2, 0.25) is 0 Å². The molecule has 2 saturated heterocycles. The predicted molar refractivity (Wildman–Crippen MR) is 51.8 cm³/mol. The number of fused-ring (bicyclic) bond motifs is 1. The summed E-state index contributed by atoms with van der Waals surface area (Å²) in [7, 11) is 0. The Morgan fingerprint density at radius 3 is 2.75 bits per heavy atom. The molecular formula is C10H19ClN+. The average molecular weight is 189 g/mol. The molecule has 0 aromatic heterocycles. The van der Waals surface area contributed by atoms with Crippen LogP contribution in [0.15, 0.2) is 0 Å². The van der Waals surface area contributed by atoms with Crippen molar-refractivity contribution in [1.29, 1.82) is 0 Å². The summed E-state index contributed by atoms with van der Waals surface area (Å²) in [6, 6.07) is 0.921. The van der Waals surface area contributed by atoms with Crippen molar-refractivity contribution in [2.75, 3.05) is 19.0 Å². The van der Waals surface area contributed by atoms with Crippen molar-refractivity contribution in [1.82, 2.24) is 0 Å². The van der Waals surface area contributed by atoms with Crippen LogP contribution in [-0.4, -0.2) is 25.0 Å². The van der Waals surface area contributed by atoms with Gasteiger partial charge in [0.05, 0.1) is 19.1 Å². The third-order valence-corrected chi connectivity index (χ3v) is 4.02. The van der Waals surface area contributed by atoms with Crippen molar-refractivity contribution in [3.63, 3.8) is 0 Å². The standard InChI is InChI=1S/C10H18ClN/c11-8-9-4-3-7-12-6-2-1-5-10(9)12/h9-10H,1-8H2/p+1. The highest BCUT2D eigenvalue weighted by molar-refractivity contribution is 6.18. The first-order valence-electron chi connectivity index (χ1n) is 5.32. The Labute approximate surface area is 80.1 Å². The van der Waals surface area contributed by atoms with Crippen LogP contribution in [0.4, 0.5) is 0 Å². The summed E-state index contributed by atoms with van der Waals surface area (Å²) in [5, 5.41) is 0. The van der Waals surface area contributed by atoms with Crippen molar-refractivity contribution in [3.05, 3.63) is 0 Å². The van der Waals surface area contributed by atoms with Gasteiger partial charge < -0.3 is 4.90 Å². The zero-order valence-electron chi connectivity index (χ0n) is 7.69. The summed E-state index contributed by atoms with van der Waals surface area (Å²) in [5.41, 5.74) is 0. The van der Waals surface area contributed by atoms with Crippen LogP contribution in [0.25, 0.3) is 0 Å². The highest BCUT2D eigenvalue weighted by Gasteiger charge is 2.35. The topological polar surface area (TPSA) is 4.44 Å². The second-order valence-corrected chi connectivity index (χ2v) is 4.63. The first-order chi connectivity index (χ1) is 5.92. The van der Waals surface area contributed by atoms with Crippen LogP contribution >= 0.6 is 11.6 Å². The molecule has 0 saturated carbocycles. The molecule has 0 aliphatic carbocycles. The number of rotatable bonds is 1. The van der Waals surface area contributed by atoms with E-state index in [4.69, 9.17) is 11.6 Å². The first-order valence-corrected chi connectivity index (χ1v) is 5.86. The molecule has 70 valence electrons. The summed E-state index contributed by atoms with van der Waals surface area (Å²) in [5.74, 6) is 1.73. The summed E-state index contributed by atoms with van der Waals surface area (Å²) in [4.78, 5) is 1.86. The molecule has 1 nitrogen and oxygen atoms in total.